The number of amides is 1. The van der Waals surface area contributed by atoms with E-state index in [2.05, 4.69) is 54.8 Å². The minimum absolute atomic E-state index is 0.0968. The third kappa shape index (κ3) is 4.58. The molecule has 0 saturated heterocycles. The van der Waals surface area contributed by atoms with Crippen LogP contribution >= 0.6 is 11.8 Å². The zero-order chi connectivity index (χ0) is 25.6. The van der Waals surface area contributed by atoms with Gasteiger partial charge >= 0.3 is 0 Å². The number of Topliss-reactive ketones (excluding diaryl/α,β-unsaturated/α-hetero) is 1. The second-order valence-electron chi connectivity index (χ2n) is 10.5. The molecule has 37 heavy (non-hydrogen) atoms. The van der Waals surface area contributed by atoms with E-state index in [-0.39, 0.29) is 28.9 Å². The molecule has 6 rings (SSSR count). The average molecular weight is 509 g/mol. The number of benzene rings is 3. The Bertz CT molecular complexity index is 1550. The van der Waals surface area contributed by atoms with Crippen molar-refractivity contribution in [3.05, 3.63) is 95.8 Å². The van der Waals surface area contributed by atoms with Crippen LogP contribution in [0, 0.1) is 5.41 Å². The summed E-state index contributed by atoms with van der Waals surface area (Å²) < 4.78 is 6.21. The van der Waals surface area contributed by atoms with Crippen LogP contribution < -0.4 is 10.6 Å². The molecule has 0 fully saturated rings. The summed E-state index contributed by atoms with van der Waals surface area (Å²) in [6.07, 6.45) is 1.33. The Labute approximate surface area is 220 Å². The number of fused-ring (bicyclic) bond motifs is 4. The smallest absolute Gasteiger partial charge is 0.234 e. The predicted molar refractivity (Wildman–Crippen MR) is 150 cm³/mol. The first-order chi connectivity index (χ1) is 17.9. The molecule has 0 spiro atoms. The van der Waals surface area contributed by atoms with Gasteiger partial charge in [-0.1, -0.05) is 74.1 Å². The number of ketones is 1. The lowest BCUT2D eigenvalue weighted by atomic mass is 9.68. The van der Waals surface area contributed by atoms with Crippen LogP contribution in [-0.4, -0.2) is 17.4 Å². The fraction of sp³-hybridized carbons (Fsp3) is 0.226. The van der Waals surface area contributed by atoms with Gasteiger partial charge in [0.05, 0.1) is 5.75 Å². The zero-order valence-corrected chi connectivity index (χ0v) is 21.7. The summed E-state index contributed by atoms with van der Waals surface area (Å²) >= 11 is 1.34. The number of furan rings is 1. The van der Waals surface area contributed by atoms with E-state index in [1.54, 1.807) is 0 Å². The number of para-hydroxylation sites is 1. The molecular formula is C31H28N2O3S. The molecular weight excluding hydrogens is 480 g/mol. The van der Waals surface area contributed by atoms with Crippen molar-refractivity contribution in [2.24, 2.45) is 5.41 Å². The third-order valence-electron chi connectivity index (χ3n) is 7.03. The Morgan fingerprint density at radius 2 is 1.78 bits per heavy atom. The van der Waals surface area contributed by atoms with Gasteiger partial charge in [-0.2, -0.15) is 0 Å². The first-order valence-corrected chi connectivity index (χ1v) is 13.5. The molecule has 2 heterocycles. The Balaban J connectivity index is 1.31. The number of rotatable bonds is 5. The van der Waals surface area contributed by atoms with Crippen molar-refractivity contribution < 1.29 is 14.0 Å². The van der Waals surface area contributed by atoms with Crippen LogP contribution in [0.15, 0.2) is 93.9 Å². The molecule has 1 aliphatic carbocycles. The normalized spacial score (nSPS) is 18.2. The Morgan fingerprint density at radius 1 is 1.00 bits per heavy atom. The molecule has 0 saturated carbocycles. The predicted octanol–water partition coefficient (Wildman–Crippen LogP) is 7.47. The van der Waals surface area contributed by atoms with Gasteiger partial charge in [0.2, 0.25) is 5.91 Å². The largest absolute Gasteiger partial charge is 0.452 e. The van der Waals surface area contributed by atoms with Gasteiger partial charge in [-0.25, -0.2) is 0 Å². The topological polar surface area (TPSA) is 71.3 Å². The molecule has 2 N–H and O–H groups in total. The van der Waals surface area contributed by atoms with Gasteiger partial charge in [-0.15, -0.1) is 0 Å². The molecule has 1 aromatic heterocycles. The SMILES string of the molecule is CC1(C)CC(=O)C2=C(C1)c1c(ccc3ccccc13)N[C@H]2c1ccc(SCC(=O)Nc2ccccc2)o1. The van der Waals surface area contributed by atoms with E-state index in [9.17, 15) is 9.59 Å². The van der Waals surface area contributed by atoms with Gasteiger partial charge in [0.15, 0.2) is 10.9 Å². The quantitative estimate of drug-likeness (QED) is 0.274. The van der Waals surface area contributed by atoms with Crippen LogP contribution in [0.3, 0.4) is 0 Å². The second kappa shape index (κ2) is 9.27. The van der Waals surface area contributed by atoms with Crippen LogP contribution in [0.2, 0.25) is 0 Å². The number of nitrogens with one attached hydrogen (secondary N) is 2. The number of hydrogen-bond donors (Lipinski definition) is 2. The summed E-state index contributed by atoms with van der Waals surface area (Å²) in [5, 5.41) is 9.47. The third-order valence-corrected chi connectivity index (χ3v) is 7.94. The summed E-state index contributed by atoms with van der Waals surface area (Å²) in [5.74, 6) is 0.983. The van der Waals surface area contributed by atoms with Crippen molar-refractivity contribution >= 4 is 51.2 Å². The Kier molecular flexibility index (Phi) is 5.92. The minimum Gasteiger partial charge on any atom is -0.452 e. The van der Waals surface area contributed by atoms with Crippen LogP contribution in [0.5, 0.6) is 0 Å². The molecule has 1 aliphatic heterocycles. The lowest BCUT2D eigenvalue weighted by molar-refractivity contribution is -0.118. The van der Waals surface area contributed by atoms with Gasteiger partial charge in [0.25, 0.3) is 0 Å². The van der Waals surface area contributed by atoms with E-state index in [1.807, 2.05) is 48.5 Å². The average Bonchev–Trinajstić information content (AvgIpc) is 3.35. The second-order valence-corrected chi connectivity index (χ2v) is 11.5. The maximum absolute atomic E-state index is 13.6. The van der Waals surface area contributed by atoms with Crippen LogP contribution in [-0.2, 0) is 9.59 Å². The number of allylic oxidation sites excluding steroid dienone is 1. The molecule has 0 unspecified atom stereocenters. The summed E-state index contributed by atoms with van der Waals surface area (Å²) in [5.41, 5.74) is 4.72. The fourth-order valence-electron chi connectivity index (χ4n) is 5.47. The molecule has 2 aliphatic rings. The maximum atomic E-state index is 13.6. The highest BCUT2D eigenvalue weighted by atomic mass is 32.2. The van der Waals surface area contributed by atoms with Crippen LogP contribution in [0.4, 0.5) is 11.4 Å². The van der Waals surface area contributed by atoms with Crippen molar-refractivity contribution in [2.45, 2.75) is 37.8 Å². The van der Waals surface area contributed by atoms with Crippen molar-refractivity contribution in [2.75, 3.05) is 16.4 Å². The van der Waals surface area contributed by atoms with Gasteiger partial charge in [0.1, 0.15) is 11.8 Å². The Hall–Kier alpha value is -3.77. The Morgan fingerprint density at radius 3 is 2.62 bits per heavy atom. The summed E-state index contributed by atoms with van der Waals surface area (Å²) in [6, 6.07) is 25.4. The first kappa shape index (κ1) is 23.6. The minimum atomic E-state index is -0.361. The molecule has 0 radical (unpaired) electrons. The van der Waals surface area contributed by atoms with E-state index in [1.165, 1.54) is 11.8 Å². The fourth-order valence-corrected chi connectivity index (χ4v) is 6.14. The van der Waals surface area contributed by atoms with E-state index >= 15 is 0 Å². The number of carbonyl (C=O) groups is 2. The summed E-state index contributed by atoms with van der Waals surface area (Å²) in [6.45, 7) is 4.33. The van der Waals surface area contributed by atoms with E-state index in [0.717, 1.165) is 45.3 Å². The van der Waals surface area contributed by atoms with Gasteiger partial charge < -0.3 is 15.1 Å². The molecule has 0 bridgehead atoms. The molecule has 6 heteroatoms. The van der Waals surface area contributed by atoms with Gasteiger partial charge in [-0.3, -0.25) is 9.59 Å². The molecule has 5 nitrogen and oxygen atoms in total. The van der Waals surface area contributed by atoms with Crippen molar-refractivity contribution in [1.82, 2.24) is 0 Å². The number of carbonyl (C=O) groups excluding carboxylic acids is 2. The van der Waals surface area contributed by atoms with Crippen molar-refractivity contribution in [3.63, 3.8) is 0 Å². The highest BCUT2D eigenvalue weighted by Gasteiger charge is 2.41. The first-order valence-electron chi connectivity index (χ1n) is 12.5. The maximum Gasteiger partial charge on any atom is 0.234 e. The van der Waals surface area contributed by atoms with E-state index in [4.69, 9.17) is 4.42 Å². The molecule has 1 atom stereocenters. The van der Waals surface area contributed by atoms with Crippen LogP contribution in [0.1, 0.15) is 44.1 Å². The zero-order valence-electron chi connectivity index (χ0n) is 20.8. The van der Waals surface area contributed by atoms with Gasteiger partial charge in [-0.05, 0) is 58.5 Å². The lowest BCUT2D eigenvalue weighted by Gasteiger charge is -2.39. The van der Waals surface area contributed by atoms with Gasteiger partial charge in [0, 0.05) is 28.9 Å². The highest BCUT2D eigenvalue weighted by Crippen LogP contribution is 2.52. The summed E-state index contributed by atoms with van der Waals surface area (Å²) in [4.78, 5) is 26.0. The molecule has 4 aromatic rings. The molecule has 3 aromatic carbocycles. The molecule has 186 valence electrons. The molecule has 1 amide bonds. The lowest BCUT2D eigenvalue weighted by Crippen LogP contribution is -2.33. The van der Waals surface area contributed by atoms with Crippen molar-refractivity contribution in [1.29, 1.82) is 0 Å². The van der Waals surface area contributed by atoms with Crippen LogP contribution in [0.25, 0.3) is 16.3 Å². The monoisotopic (exact) mass is 508 g/mol. The van der Waals surface area contributed by atoms with E-state index < -0.39 is 0 Å². The number of anilines is 2. The summed E-state index contributed by atoms with van der Waals surface area (Å²) in [7, 11) is 0. The highest BCUT2D eigenvalue weighted by molar-refractivity contribution is 7.99. The van der Waals surface area contributed by atoms with E-state index in [0.29, 0.717) is 17.3 Å². The standard InChI is InChI=1S/C31H28N2O3S/c1-31(2)16-22-28-21-11-7-6-8-19(21)12-13-23(28)33-30(29(22)24(34)17-31)25-14-15-27(36-25)37-18-26(35)32-20-9-4-3-5-10-20/h3-15,30,33H,16-18H2,1-2H3,(H,32,35)/t30-/m0/s1. The number of hydrogen-bond acceptors (Lipinski definition) is 5. The number of thioether (sulfide) groups is 1. The van der Waals surface area contributed by atoms with Crippen molar-refractivity contribution in [3.8, 4) is 0 Å².